The molecule has 2 aliphatic carbocycles. The lowest BCUT2D eigenvalue weighted by atomic mass is 9.86. The molecule has 7 unspecified atom stereocenters. The van der Waals surface area contributed by atoms with E-state index in [0.717, 1.165) is 19.3 Å². The van der Waals surface area contributed by atoms with Gasteiger partial charge in [0.25, 0.3) is 5.56 Å². The molecule has 5 rings (SSSR count). The molecule has 0 bridgehead atoms. The minimum absolute atomic E-state index is 0.0163. The van der Waals surface area contributed by atoms with Gasteiger partial charge in [0.2, 0.25) is 5.91 Å². The third kappa shape index (κ3) is 8.46. The molecular weight excluding hydrogens is 650 g/mol. The Hall–Kier alpha value is -3.61. The van der Waals surface area contributed by atoms with E-state index < -0.39 is 48.1 Å². The van der Waals surface area contributed by atoms with Crippen molar-refractivity contribution in [1.82, 2.24) is 20.2 Å². The number of Topliss-reactive ketones (excluding diaryl/α,β-unsaturated/α-hetero) is 1. The van der Waals surface area contributed by atoms with Crippen molar-refractivity contribution in [3.05, 3.63) is 34.2 Å². The molecule has 13 heteroatoms. The van der Waals surface area contributed by atoms with Gasteiger partial charge in [0, 0.05) is 31.1 Å². The van der Waals surface area contributed by atoms with Crippen LogP contribution in [0, 0.1) is 35.0 Å². The number of carbonyl (C=O) groups excluding carboxylic acids is 3. The number of nitrogens with one attached hydrogen (secondary N) is 2. The van der Waals surface area contributed by atoms with Crippen LogP contribution in [0.2, 0.25) is 0 Å². The van der Waals surface area contributed by atoms with Crippen LogP contribution in [0.25, 0.3) is 11.0 Å². The van der Waals surface area contributed by atoms with Crippen molar-refractivity contribution in [1.29, 1.82) is 0 Å². The van der Waals surface area contributed by atoms with Crippen molar-refractivity contribution in [3.8, 4) is 5.75 Å². The van der Waals surface area contributed by atoms with Gasteiger partial charge in [0.05, 0.1) is 24.2 Å². The molecule has 2 aromatic rings. The van der Waals surface area contributed by atoms with Crippen LogP contribution in [0.5, 0.6) is 5.75 Å². The van der Waals surface area contributed by atoms with Crippen LogP contribution in [0.3, 0.4) is 0 Å². The van der Waals surface area contributed by atoms with Crippen molar-refractivity contribution in [2.45, 2.75) is 104 Å². The smallest absolute Gasteiger partial charge is 0.408 e. The number of alkyl halides is 2. The average Bonchev–Trinajstić information content (AvgIpc) is 3.53. The largest absolute Gasteiger partial charge is 0.497 e. The molecule has 1 aromatic heterocycles. The van der Waals surface area contributed by atoms with E-state index in [1.807, 2.05) is 41.5 Å². The molecule has 2 N–H and O–H groups in total. The zero-order chi connectivity index (χ0) is 36.5. The molecule has 3 fully saturated rings. The zero-order valence-electron chi connectivity index (χ0n) is 30.2. The highest BCUT2D eigenvalue weighted by atomic mass is 19.3. The number of rotatable bonds is 14. The summed E-state index contributed by atoms with van der Waals surface area (Å²) in [5, 5.41) is 2.84. The first kappa shape index (κ1) is 37.6. The lowest BCUT2D eigenvalue weighted by Gasteiger charge is -2.34. The quantitative estimate of drug-likeness (QED) is 0.234. The number of ether oxygens (including phenoxy) is 3. The summed E-state index contributed by atoms with van der Waals surface area (Å²) in [7, 11) is 1.46. The summed E-state index contributed by atoms with van der Waals surface area (Å²) < 4.78 is 46.7. The van der Waals surface area contributed by atoms with Gasteiger partial charge in [0.1, 0.15) is 24.5 Å². The second-order valence-electron chi connectivity index (χ2n) is 15.8. The first-order valence-corrected chi connectivity index (χ1v) is 17.9. The Morgan fingerprint density at radius 2 is 1.90 bits per heavy atom. The van der Waals surface area contributed by atoms with Gasteiger partial charge in [-0.15, -0.1) is 0 Å². The van der Waals surface area contributed by atoms with Gasteiger partial charge < -0.3 is 29.4 Å². The molecule has 2 amide bonds. The van der Waals surface area contributed by atoms with E-state index >= 15 is 8.78 Å². The number of benzene rings is 1. The number of fused-ring (bicyclic) bond motifs is 2. The first-order chi connectivity index (χ1) is 23.5. The topological polar surface area (TPSA) is 140 Å². The molecule has 0 radical (unpaired) electrons. The molecule has 0 spiro atoms. The third-order valence-electron chi connectivity index (χ3n) is 10.5. The van der Waals surface area contributed by atoms with Crippen LogP contribution < -0.4 is 15.6 Å². The van der Waals surface area contributed by atoms with Crippen molar-refractivity contribution in [3.63, 3.8) is 0 Å². The normalized spacial score (nSPS) is 25.4. The predicted molar refractivity (Wildman–Crippen MR) is 183 cm³/mol. The van der Waals surface area contributed by atoms with Gasteiger partial charge in [-0.2, -0.15) is 8.78 Å². The maximum atomic E-state index is 15.1. The summed E-state index contributed by atoms with van der Waals surface area (Å²) >= 11 is 0. The number of H-pyrrole nitrogens is 1. The van der Waals surface area contributed by atoms with E-state index in [1.54, 1.807) is 11.0 Å². The Kier molecular flexibility index (Phi) is 11.2. The molecule has 276 valence electrons. The number of hydrogen-bond acceptors (Lipinski definition) is 8. The van der Waals surface area contributed by atoms with Crippen molar-refractivity contribution in [2.75, 3.05) is 26.9 Å². The van der Waals surface area contributed by atoms with Crippen LogP contribution in [-0.4, -0.2) is 77.7 Å². The highest BCUT2D eigenvalue weighted by molar-refractivity contribution is 5.93. The molecule has 1 aliphatic heterocycles. The monoisotopic (exact) mass is 702 g/mol. The lowest BCUT2D eigenvalue weighted by molar-refractivity contribution is -0.141. The molecule has 3 aliphatic rings. The van der Waals surface area contributed by atoms with Crippen molar-refractivity contribution in [2.24, 2.45) is 35.0 Å². The van der Waals surface area contributed by atoms with Crippen LogP contribution >= 0.6 is 0 Å². The second kappa shape index (κ2) is 14.9. The second-order valence-corrected chi connectivity index (χ2v) is 15.8. The van der Waals surface area contributed by atoms with E-state index in [2.05, 4.69) is 15.3 Å². The number of carbonyl (C=O) groups is 3. The number of halogens is 2. The fourth-order valence-corrected chi connectivity index (χ4v) is 7.86. The summed E-state index contributed by atoms with van der Waals surface area (Å²) in [5.74, 6) is -2.92. The van der Waals surface area contributed by atoms with E-state index in [4.69, 9.17) is 14.2 Å². The minimum Gasteiger partial charge on any atom is -0.497 e. The summed E-state index contributed by atoms with van der Waals surface area (Å²) in [6.07, 6.45) is 2.78. The molecule has 1 saturated heterocycles. The number of nitrogens with zero attached hydrogens (tertiary/aromatic N) is 2. The number of hydrogen-bond donors (Lipinski definition) is 2. The Balaban J connectivity index is 1.18. The number of likely N-dealkylation sites (tertiary alicyclic amines) is 1. The van der Waals surface area contributed by atoms with Crippen LogP contribution in [0.15, 0.2) is 23.0 Å². The third-order valence-corrected chi connectivity index (χ3v) is 10.5. The Labute approximate surface area is 292 Å². The standard InChI is InChI=1S/C37H52F2N4O7/c1-8-21-11-13-43(30(21)31(44)20(2)3)34(46)28(18-36(4,5)6)42-35(47)50-29-16-22-15-25(22)24(29)12-14-49-19-37(38,39)32-33(45)41-27-17-23(48-7)9-10-26(27)40-32/h9-10,17,20-22,24-25,28-30H,8,11-16,18-19H2,1-7H3,(H,41,45)(H,42,47). The van der Waals surface area contributed by atoms with Gasteiger partial charge in [-0.05, 0) is 67.4 Å². The Morgan fingerprint density at radius 1 is 1.16 bits per heavy atom. The minimum atomic E-state index is -3.63. The zero-order valence-corrected chi connectivity index (χ0v) is 30.2. The number of amides is 2. The number of alkyl carbamates (subject to hydrolysis) is 1. The maximum Gasteiger partial charge on any atom is 0.408 e. The Morgan fingerprint density at radius 3 is 2.56 bits per heavy atom. The first-order valence-electron chi connectivity index (χ1n) is 17.9. The number of ketones is 1. The number of aromatic nitrogens is 2. The summed E-state index contributed by atoms with van der Waals surface area (Å²) in [6, 6.07) is 3.20. The van der Waals surface area contributed by atoms with Crippen molar-refractivity contribution < 1.29 is 37.4 Å². The molecule has 7 atom stereocenters. The molecule has 2 heterocycles. The van der Waals surface area contributed by atoms with E-state index in [0.29, 0.717) is 43.4 Å². The summed E-state index contributed by atoms with van der Waals surface area (Å²) in [4.78, 5) is 61.1. The molecule has 2 saturated carbocycles. The predicted octanol–water partition coefficient (Wildman–Crippen LogP) is 5.84. The fraction of sp³-hybridized carbons (Fsp3) is 0.703. The summed E-state index contributed by atoms with van der Waals surface area (Å²) in [6.45, 7) is 11.1. The van der Waals surface area contributed by atoms with Crippen LogP contribution in [0.1, 0.15) is 85.8 Å². The van der Waals surface area contributed by atoms with E-state index in [-0.39, 0.29) is 52.5 Å². The molecular formula is C37H52F2N4O7. The van der Waals surface area contributed by atoms with Gasteiger partial charge in [-0.25, -0.2) is 9.78 Å². The number of methoxy groups -OCH3 is 1. The Bertz CT molecular complexity index is 1620. The van der Waals surface area contributed by atoms with E-state index in [1.165, 1.54) is 19.2 Å². The van der Waals surface area contributed by atoms with E-state index in [9.17, 15) is 19.2 Å². The molecule has 1 aromatic carbocycles. The van der Waals surface area contributed by atoms with Crippen molar-refractivity contribution >= 4 is 28.8 Å². The molecule has 50 heavy (non-hydrogen) atoms. The van der Waals surface area contributed by atoms with Gasteiger partial charge in [-0.3, -0.25) is 14.4 Å². The van der Waals surface area contributed by atoms with Crippen LogP contribution in [-0.2, 0) is 25.0 Å². The van der Waals surface area contributed by atoms with Gasteiger partial charge >= 0.3 is 12.0 Å². The highest BCUT2D eigenvalue weighted by Crippen LogP contribution is 2.57. The number of aromatic amines is 1. The SMILES string of the molecule is CCC1CCN(C(=O)C(CC(C)(C)C)NC(=O)OC2CC3CC3C2CCOCC(F)(F)c2nc3ccc(OC)cc3[nH]c2=O)C1C(=O)C(C)C. The molecule has 11 nitrogen and oxygen atoms in total. The fourth-order valence-electron chi connectivity index (χ4n) is 7.86. The van der Waals surface area contributed by atoms with Gasteiger partial charge in [0.15, 0.2) is 11.5 Å². The lowest BCUT2D eigenvalue weighted by Crippen LogP contribution is -2.54. The van der Waals surface area contributed by atoms with Gasteiger partial charge in [-0.1, -0.05) is 48.0 Å². The van der Waals surface area contributed by atoms with Crippen LogP contribution in [0.4, 0.5) is 13.6 Å². The average molecular weight is 703 g/mol. The summed E-state index contributed by atoms with van der Waals surface area (Å²) in [5.41, 5.74) is -1.74. The maximum absolute atomic E-state index is 15.1. The highest BCUT2D eigenvalue weighted by Gasteiger charge is 2.55.